The third kappa shape index (κ3) is 5.06. The van der Waals surface area contributed by atoms with Crippen LogP contribution in [0, 0.1) is 0 Å². The van der Waals surface area contributed by atoms with E-state index in [9.17, 15) is 8.42 Å². The Morgan fingerprint density at radius 2 is 2.00 bits per heavy atom. The van der Waals surface area contributed by atoms with Crippen molar-refractivity contribution in [3.05, 3.63) is 28.2 Å². The van der Waals surface area contributed by atoms with E-state index in [0.717, 1.165) is 15.7 Å². The zero-order chi connectivity index (χ0) is 13.1. The van der Waals surface area contributed by atoms with Gasteiger partial charge in [0, 0.05) is 36.6 Å². The van der Waals surface area contributed by atoms with Gasteiger partial charge in [0.2, 0.25) is 0 Å². The maximum atomic E-state index is 11.1. The van der Waals surface area contributed by atoms with Gasteiger partial charge in [-0.15, -0.1) is 0 Å². The molecule has 0 spiro atoms. The van der Waals surface area contributed by atoms with Gasteiger partial charge in [-0.3, -0.25) is 0 Å². The summed E-state index contributed by atoms with van der Waals surface area (Å²) >= 11 is 3.41. The van der Waals surface area contributed by atoms with Gasteiger partial charge in [0.15, 0.2) is 0 Å². The SMILES string of the molecule is CN(CCS(C)(=O)=O)c1cc(Br)cc(CN)c1. The van der Waals surface area contributed by atoms with E-state index in [2.05, 4.69) is 15.9 Å². The quantitative estimate of drug-likeness (QED) is 0.890. The van der Waals surface area contributed by atoms with E-state index >= 15 is 0 Å². The molecule has 0 unspecified atom stereocenters. The molecule has 0 saturated heterocycles. The molecule has 0 aromatic heterocycles. The Kier molecular flexibility index (Phi) is 4.97. The third-order valence-electron chi connectivity index (χ3n) is 2.42. The first-order chi connectivity index (χ1) is 7.81. The minimum absolute atomic E-state index is 0.147. The molecule has 0 atom stereocenters. The second kappa shape index (κ2) is 5.84. The summed E-state index contributed by atoms with van der Waals surface area (Å²) in [5.41, 5.74) is 7.57. The Hall–Kier alpha value is -0.590. The molecule has 0 aliphatic heterocycles. The molecule has 0 aliphatic carbocycles. The summed E-state index contributed by atoms with van der Waals surface area (Å²) in [4.78, 5) is 1.91. The van der Waals surface area contributed by atoms with Crippen LogP contribution in [0.2, 0.25) is 0 Å². The summed E-state index contributed by atoms with van der Waals surface area (Å²) in [7, 11) is -1.06. The summed E-state index contributed by atoms with van der Waals surface area (Å²) in [6, 6.07) is 5.86. The number of hydrogen-bond acceptors (Lipinski definition) is 4. The summed E-state index contributed by atoms with van der Waals surface area (Å²) in [6.07, 6.45) is 1.24. The molecule has 0 aliphatic rings. The fourth-order valence-electron chi connectivity index (χ4n) is 1.40. The van der Waals surface area contributed by atoms with Crippen molar-refractivity contribution in [3.8, 4) is 0 Å². The van der Waals surface area contributed by atoms with E-state index in [1.165, 1.54) is 6.26 Å². The minimum atomic E-state index is -2.93. The number of hydrogen-bond donors (Lipinski definition) is 1. The van der Waals surface area contributed by atoms with Gasteiger partial charge in [-0.2, -0.15) is 0 Å². The van der Waals surface area contributed by atoms with E-state index in [0.29, 0.717) is 13.1 Å². The lowest BCUT2D eigenvalue weighted by molar-refractivity contribution is 0.601. The van der Waals surface area contributed by atoms with E-state index < -0.39 is 9.84 Å². The number of rotatable bonds is 5. The van der Waals surface area contributed by atoms with Crippen LogP contribution in [0.5, 0.6) is 0 Å². The van der Waals surface area contributed by atoms with Crippen LogP contribution >= 0.6 is 15.9 Å². The number of nitrogens with zero attached hydrogens (tertiary/aromatic N) is 1. The Bertz CT molecular complexity index is 488. The standard InChI is InChI=1S/C11H17BrN2O2S/c1-14(3-4-17(2,15)16)11-6-9(8-13)5-10(12)7-11/h5-7H,3-4,8,13H2,1-2H3. The van der Waals surface area contributed by atoms with Crippen LogP contribution in [0.4, 0.5) is 5.69 Å². The van der Waals surface area contributed by atoms with Crippen LogP contribution in [0.25, 0.3) is 0 Å². The van der Waals surface area contributed by atoms with Gasteiger partial charge in [0.05, 0.1) is 5.75 Å². The van der Waals surface area contributed by atoms with Crippen LogP contribution in [0.1, 0.15) is 5.56 Å². The monoisotopic (exact) mass is 320 g/mol. The number of benzene rings is 1. The zero-order valence-corrected chi connectivity index (χ0v) is 12.4. The Morgan fingerprint density at radius 1 is 1.35 bits per heavy atom. The average Bonchev–Trinajstić information content (AvgIpc) is 2.23. The summed E-state index contributed by atoms with van der Waals surface area (Å²) in [6.45, 7) is 0.936. The lowest BCUT2D eigenvalue weighted by atomic mass is 10.2. The largest absolute Gasteiger partial charge is 0.374 e. The molecule has 1 rings (SSSR count). The lowest BCUT2D eigenvalue weighted by Crippen LogP contribution is -2.25. The second-order valence-corrected chi connectivity index (χ2v) is 7.25. The van der Waals surface area contributed by atoms with Crippen molar-refractivity contribution in [3.63, 3.8) is 0 Å². The van der Waals surface area contributed by atoms with Gasteiger partial charge >= 0.3 is 0 Å². The highest BCUT2D eigenvalue weighted by Gasteiger charge is 2.07. The molecule has 1 aromatic carbocycles. The topological polar surface area (TPSA) is 63.4 Å². The fourth-order valence-corrected chi connectivity index (χ4v) is 2.54. The van der Waals surface area contributed by atoms with Crippen molar-refractivity contribution < 1.29 is 8.42 Å². The molecule has 0 radical (unpaired) electrons. The van der Waals surface area contributed by atoms with E-state index in [4.69, 9.17) is 5.73 Å². The van der Waals surface area contributed by atoms with Gasteiger partial charge in [-0.25, -0.2) is 8.42 Å². The van der Waals surface area contributed by atoms with Crippen LogP contribution in [0.15, 0.2) is 22.7 Å². The molecule has 4 nitrogen and oxygen atoms in total. The summed E-state index contributed by atoms with van der Waals surface area (Å²) in [5, 5.41) is 0. The molecule has 0 saturated carbocycles. The van der Waals surface area contributed by atoms with E-state index in [1.807, 2.05) is 30.1 Å². The van der Waals surface area contributed by atoms with E-state index in [1.54, 1.807) is 0 Å². The predicted octanol–water partition coefficient (Wildman–Crippen LogP) is 1.39. The van der Waals surface area contributed by atoms with Crippen molar-refractivity contribution in [1.82, 2.24) is 0 Å². The molecule has 0 amide bonds. The third-order valence-corrected chi connectivity index (χ3v) is 3.80. The minimum Gasteiger partial charge on any atom is -0.374 e. The van der Waals surface area contributed by atoms with Gasteiger partial charge in [-0.1, -0.05) is 15.9 Å². The molecular weight excluding hydrogens is 304 g/mol. The highest BCUT2D eigenvalue weighted by Crippen LogP contribution is 2.22. The lowest BCUT2D eigenvalue weighted by Gasteiger charge is -2.20. The average molecular weight is 321 g/mol. The molecule has 0 fully saturated rings. The zero-order valence-electron chi connectivity index (χ0n) is 9.98. The maximum Gasteiger partial charge on any atom is 0.149 e. The Morgan fingerprint density at radius 3 is 2.53 bits per heavy atom. The van der Waals surface area contributed by atoms with Crippen molar-refractivity contribution >= 4 is 31.5 Å². The first-order valence-corrected chi connectivity index (χ1v) is 8.05. The molecular formula is C11H17BrN2O2S. The van der Waals surface area contributed by atoms with Gasteiger partial charge < -0.3 is 10.6 Å². The highest BCUT2D eigenvalue weighted by atomic mass is 79.9. The maximum absolute atomic E-state index is 11.1. The molecule has 2 N–H and O–H groups in total. The normalized spacial score (nSPS) is 11.5. The van der Waals surface area contributed by atoms with Crippen molar-refractivity contribution in [2.45, 2.75) is 6.54 Å². The number of sulfone groups is 1. The molecule has 6 heteroatoms. The number of nitrogens with two attached hydrogens (primary N) is 1. The van der Waals surface area contributed by atoms with Crippen molar-refractivity contribution in [2.24, 2.45) is 5.73 Å². The van der Waals surface area contributed by atoms with Crippen LogP contribution in [-0.2, 0) is 16.4 Å². The first kappa shape index (κ1) is 14.5. The molecule has 96 valence electrons. The summed E-state index contributed by atoms with van der Waals surface area (Å²) in [5.74, 6) is 0.147. The van der Waals surface area contributed by atoms with E-state index in [-0.39, 0.29) is 5.75 Å². The van der Waals surface area contributed by atoms with Gasteiger partial charge in [-0.05, 0) is 23.8 Å². The van der Waals surface area contributed by atoms with Gasteiger partial charge in [0.25, 0.3) is 0 Å². The number of anilines is 1. The molecule has 0 bridgehead atoms. The fraction of sp³-hybridized carbons (Fsp3) is 0.455. The molecule has 1 aromatic rings. The van der Waals surface area contributed by atoms with Crippen molar-refractivity contribution in [2.75, 3.05) is 30.5 Å². The van der Waals surface area contributed by atoms with Crippen molar-refractivity contribution in [1.29, 1.82) is 0 Å². The Balaban J connectivity index is 2.81. The van der Waals surface area contributed by atoms with Gasteiger partial charge in [0.1, 0.15) is 9.84 Å². The Labute approximate surface area is 111 Å². The first-order valence-electron chi connectivity index (χ1n) is 5.20. The molecule has 17 heavy (non-hydrogen) atoms. The predicted molar refractivity (Wildman–Crippen MR) is 75.0 cm³/mol. The highest BCUT2D eigenvalue weighted by molar-refractivity contribution is 9.10. The van der Waals surface area contributed by atoms with Crippen LogP contribution in [0.3, 0.4) is 0 Å². The van der Waals surface area contributed by atoms with Crippen LogP contribution in [-0.4, -0.2) is 34.0 Å². The molecule has 0 heterocycles. The summed E-state index contributed by atoms with van der Waals surface area (Å²) < 4.78 is 23.1. The van der Waals surface area contributed by atoms with Crippen LogP contribution < -0.4 is 10.6 Å². The second-order valence-electron chi connectivity index (χ2n) is 4.07. The number of halogens is 1. The smallest absolute Gasteiger partial charge is 0.149 e.